The van der Waals surface area contributed by atoms with Crippen LogP contribution in [0.25, 0.3) is 0 Å². The van der Waals surface area contributed by atoms with Crippen LogP contribution in [0.15, 0.2) is 20.5 Å². The Morgan fingerprint density at radius 3 is 2.40 bits per heavy atom. The maximum absolute atomic E-state index is 11.8. The Labute approximate surface area is 134 Å². The molecule has 0 aromatic carbocycles. The summed E-state index contributed by atoms with van der Waals surface area (Å²) in [5, 5.41) is 13.1. The summed E-state index contributed by atoms with van der Waals surface area (Å²) in [6.45, 7) is 11.0. The van der Waals surface area contributed by atoms with Crippen molar-refractivity contribution in [3.05, 3.63) is 20.5 Å². The van der Waals surface area contributed by atoms with Crippen molar-refractivity contribution in [2.45, 2.75) is 59.7 Å². The topological polar surface area (TPSA) is 58.6 Å². The van der Waals surface area contributed by atoms with Crippen molar-refractivity contribution in [3.63, 3.8) is 0 Å². The highest BCUT2D eigenvalue weighted by Gasteiger charge is 2.18. The van der Waals surface area contributed by atoms with Gasteiger partial charge in [-0.15, -0.1) is 0 Å². The molecule has 0 fully saturated rings. The van der Waals surface area contributed by atoms with E-state index in [0.29, 0.717) is 5.03 Å². The zero-order valence-electron chi connectivity index (χ0n) is 12.9. The summed E-state index contributed by atoms with van der Waals surface area (Å²) in [4.78, 5) is 12.5. The van der Waals surface area contributed by atoms with Gasteiger partial charge in [0.25, 0.3) is 0 Å². The third kappa shape index (κ3) is 8.66. The van der Waals surface area contributed by atoms with E-state index >= 15 is 0 Å². The molecule has 0 aromatic rings. The number of alkyl carbamates (subject to hydrolysis) is 1. The van der Waals surface area contributed by atoms with Crippen molar-refractivity contribution in [2.75, 3.05) is 0 Å². The average molecular weight is 366 g/mol. The van der Waals surface area contributed by atoms with Crippen LogP contribution in [0.2, 0.25) is 0 Å². The van der Waals surface area contributed by atoms with Gasteiger partial charge in [0, 0.05) is 9.39 Å². The Morgan fingerprint density at radius 2 is 2.05 bits per heavy atom. The number of thioether (sulfide) groups is 1. The van der Waals surface area contributed by atoms with Gasteiger partial charge in [-0.3, -0.25) is 5.32 Å². The van der Waals surface area contributed by atoms with Crippen LogP contribution in [-0.2, 0) is 4.74 Å². The van der Waals surface area contributed by atoms with Crippen LogP contribution in [0.4, 0.5) is 4.79 Å². The maximum atomic E-state index is 11.8. The number of halogens is 1. The lowest BCUT2D eigenvalue weighted by Gasteiger charge is -2.21. The molecule has 116 valence electrons. The van der Waals surface area contributed by atoms with Gasteiger partial charge in [-0.1, -0.05) is 40.7 Å². The molecule has 0 spiro atoms. The number of hydrogen-bond donors (Lipinski definition) is 2. The molecule has 1 unspecified atom stereocenters. The molecule has 4 nitrogen and oxygen atoms in total. The van der Waals surface area contributed by atoms with E-state index in [0.717, 1.165) is 15.8 Å². The van der Waals surface area contributed by atoms with Crippen molar-refractivity contribution in [3.8, 4) is 0 Å². The Morgan fingerprint density at radius 1 is 1.50 bits per heavy atom. The maximum Gasteiger partial charge on any atom is 0.412 e. The van der Waals surface area contributed by atoms with Gasteiger partial charge in [-0.2, -0.15) is 0 Å². The average Bonchev–Trinajstić information content (AvgIpc) is 2.21. The molecule has 1 atom stereocenters. The molecule has 0 radical (unpaired) electrons. The van der Waals surface area contributed by atoms with Gasteiger partial charge in [-0.25, -0.2) is 4.79 Å². The summed E-state index contributed by atoms with van der Waals surface area (Å²) in [6.07, 6.45) is 1.54. The minimum absolute atomic E-state index is 0.498. The van der Waals surface area contributed by atoms with Crippen LogP contribution >= 0.6 is 27.7 Å². The molecule has 0 saturated carbocycles. The van der Waals surface area contributed by atoms with Crippen molar-refractivity contribution < 1.29 is 14.6 Å². The summed E-state index contributed by atoms with van der Waals surface area (Å²) in [5.41, 5.74) is -0.541. The second kappa shape index (κ2) is 8.74. The number of rotatable bonds is 5. The first-order valence-electron chi connectivity index (χ1n) is 6.49. The first kappa shape index (κ1) is 19.5. The number of amides is 1. The van der Waals surface area contributed by atoms with E-state index in [2.05, 4.69) is 21.2 Å². The fourth-order valence-electron chi connectivity index (χ4n) is 1.27. The highest BCUT2D eigenvalue weighted by molar-refractivity contribution is 9.11. The summed E-state index contributed by atoms with van der Waals surface area (Å²) in [5.74, 6) is 0. The Bertz CT molecular complexity index is 394. The lowest BCUT2D eigenvalue weighted by molar-refractivity contribution is 0.0550. The molecule has 6 heteroatoms. The molecule has 2 N–H and O–H groups in total. The standard InChI is InChI=1S/C14H24BrNO3S/c1-7-8-11(16-13(18)19-14(4,5)6)20-12(9(2)15)10(3)17/h8,10,17H,7H2,1-6H3,(H,16,18)/b11-8+,12-9+. The van der Waals surface area contributed by atoms with E-state index in [1.165, 1.54) is 11.8 Å². The molecule has 0 aliphatic rings. The van der Waals surface area contributed by atoms with Crippen LogP contribution < -0.4 is 5.32 Å². The summed E-state index contributed by atoms with van der Waals surface area (Å²) in [7, 11) is 0. The van der Waals surface area contributed by atoms with E-state index < -0.39 is 17.8 Å². The Kier molecular flexibility index (Phi) is 8.54. The fraction of sp³-hybridized carbons (Fsp3) is 0.643. The zero-order chi connectivity index (χ0) is 15.9. The SMILES string of the molecule is CC/C=C(\NC(=O)OC(C)(C)C)S/C(=C(\C)Br)C(C)O. The molecule has 0 aromatic heterocycles. The van der Waals surface area contributed by atoms with Gasteiger partial charge in [0.2, 0.25) is 0 Å². The van der Waals surface area contributed by atoms with Gasteiger partial charge >= 0.3 is 6.09 Å². The first-order valence-corrected chi connectivity index (χ1v) is 8.10. The summed E-state index contributed by atoms with van der Waals surface area (Å²) in [6, 6.07) is 0. The van der Waals surface area contributed by atoms with Crippen LogP contribution in [0.5, 0.6) is 0 Å². The predicted molar refractivity (Wildman–Crippen MR) is 88.6 cm³/mol. The van der Waals surface area contributed by atoms with E-state index in [-0.39, 0.29) is 0 Å². The number of carbonyl (C=O) groups excluding carboxylic acids is 1. The molecular weight excluding hydrogens is 342 g/mol. The van der Waals surface area contributed by atoms with Gasteiger partial charge in [0.15, 0.2) is 0 Å². The minimum atomic E-state index is -0.611. The van der Waals surface area contributed by atoms with E-state index in [1.54, 1.807) is 6.92 Å². The fourth-order valence-corrected chi connectivity index (χ4v) is 2.78. The van der Waals surface area contributed by atoms with Crippen LogP contribution in [-0.4, -0.2) is 22.9 Å². The predicted octanol–water partition coefficient (Wildman–Crippen LogP) is 4.50. The highest BCUT2D eigenvalue weighted by atomic mass is 79.9. The number of allylic oxidation sites excluding steroid dienone is 2. The van der Waals surface area contributed by atoms with Gasteiger partial charge in [-0.05, 0) is 41.0 Å². The Balaban J connectivity index is 4.89. The number of aliphatic hydroxyl groups is 1. The lowest BCUT2D eigenvalue weighted by Crippen LogP contribution is -2.31. The number of nitrogens with one attached hydrogen (secondary N) is 1. The molecule has 0 heterocycles. The molecule has 0 saturated heterocycles. The monoisotopic (exact) mass is 365 g/mol. The van der Waals surface area contributed by atoms with E-state index in [4.69, 9.17) is 4.74 Å². The van der Waals surface area contributed by atoms with Crippen LogP contribution in [0.1, 0.15) is 48.0 Å². The van der Waals surface area contributed by atoms with Crippen molar-refractivity contribution in [1.29, 1.82) is 0 Å². The zero-order valence-corrected chi connectivity index (χ0v) is 15.3. The number of carbonyl (C=O) groups is 1. The number of hydrogen-bond acceptors (Lipinski definition) is 4. The minimum Gasteiger partial charge on any atom is -0.444 e. The molecule has 0 aliphatic carbocycles. The molecule has 1 amide bonds. The molecule has 0 bridgehead atoms. The van der Waals surface area contributed by atoms with E-state index in [1.807, 2.05) is 40.7 Å². The molecular formula is C14H24BrNO3S. The first-order chi connectivity index (χ1) is 9.06. The van der Waals surface area contributed by atoms with Crippen molar-refractivity contribution >= 4 is 33.8 Å². The molecule has 20 heavy (non-hydrogen) atoms. The molecule has 0 rings (SSSR count). The smallest absolute Gasteiger partial charge is 0.412 e. The summed E-state index contributed by atoms with van der Waals surface area (Å²) >= 11 is 4.68. The Hall–Kier alpha value is -0.460. The van der Waals surface area contributed by atoms with Crippen molar-refractivity contribution in [2.24, 2.45) is 0 Å². The van der Waals surface area contributed by atoms with Gasteiger partial charge in [0.05, 0.1) is 11.1 Å². The quantitative estimate of drug-likeness (QED) is 0.752. The van der Waals surface area contributed by atoms with Gasteiger partial charge in [0.1, 0.15) is 5.60 Å². The van der Waals surface area contributed by atoms with Gasteiger partial charge < -0.3 is 9.84 Å². The van der Waals surface area contributed by atoms with Crippen LogP contribution in [0, 0.1) is 0 Å². The molecule has 0 aliphatic heterocycles. The summed E-state index contributed by atoms with van der Waals surface area (Å²) < 4.78 is 6.06. The number of ether oxygens (including phenoxy) is 1. The lowest BCUT2D eigenvalue weighted by atomic mass is 10.2. The third-order valence-electron chi connectivity index (χ3n) is 1.95. The largest absolute Gasteiger partial charge is 0.444 e. The van der Waals surface area contributed by atoms with Crippen LogP contribution in [0.3, 0.4) is 0 Å². The van der Waals surface area contributed by atoms with E-state index in [9.17, 15) is 9.90 Å². The van der Waals surface area contributed by atoms with Crippen molar-refractivity contribution in [1.82, 2.24) is 5.32 Å². The third-order valence-corrected chi connectivity index (χ3v) is 4.00. The number of aliphatic hydroxyl groups excluding tert-OH is 1. The second-order valence-corrected chi connectivity index (χ2v) is 7.55. The normalized spacial score (nSPS) is 15.5. The second-order valence-electron chi connectivity index (χ2n) is 5.28. The highest BCUT2D eigenvalue weighted by Crippen LogP contribution is 2.31.